The van der Waals surface area contributed by atoms with Crippen LogP contribution in [0.2, 0.25) is 0 Å². The highest BCUT2D eigenvalue weighted by atomic mass is 31.2. The van der Waals surface area contributed by atoms with E-state index < -0.39 is 31.4 Å². The van der Waals surface area contributed by atoms with Crippen molar-refractivity contribution < 1.29 is 22.4 Å². The lowest BCUT2D eigenvalue weighted by atomic mass is 10.1. The molecule has 0 spiro atoms. The maximum absolute atomic E-state index is 14.4. The van der Waals surface area contributed by atoms with Gasteiger partial charge in [0.1, 0.15) is 0 Å². The van der Waals surface area contributed by atoms with Gasteiger partial charge in [-0.3, -0.25) is 4.57 Å². The molecule has 0 aliphatic heterocycles. The van der Waals surface area contributed by atoms with Gasteiger partial charge in [0.25, 0.3) is 0 Å². The first-order valence-electron chi connectivity index (χ1n) is 6.54. The molecule has 1 rings (SSSR count). The minimum atomic E-state index is -4.42. The summed E-state index contributed by atoms with van der Waals surface area (Å²) in [7, 11) is -4.42. The third-order valence-electron chi connectivity index (χ3n) is 2.91. The Morgan fingerprint density at radius 1 is 1.06 bits per heavy atom. The van der Waals surface area contributed by atoms with Gasteiger partial charge in [-0.15, -0.1) is 0 Å². The van der Waals surface area contributed by atoms with Crippen LogP contribution >= 0.6 is 7.60 Å². The van der Waals surface area contributed by atoms with E-state index in [2.05, 4.69) is 0 Å². The highest BCUT2D eigenvalue weighted by Gasteiger charge is 2.59. The molecule has 1 aliphatic carbocycles. The molecule has 3 nitrogen and oxygen atoms in total. The number of hydrogen-bond acceptors (Lipinski definition) is 3. The number of alkyl halides is 2. The quantitative estimate of drug-likeness (QED) is 0.656. The van der Waals surface area contributed by atoms with Gasteiger partial charge in [0.05, 0.1) is 12.2 Å². The highest BCUT2D eigenvalue weighted by Crippen LogP contribution is 2.67. The maximum atomic E-state index is 14.4. The lowest BCUT2D eigenvalue weighted by molar-refractivity contribution is -0.0218. The van der Waals surface area contributed by atoms with E-state index in [1.165, 1.54) is 0 Å². The molecule has 1 aliphatic rings. The van der Waals surface area contributed by atoms with Crippen LogP contribution < -0.4 is 0 Å². The Hall–Kier alpha value is 0.01000. The lowest BCUT2D eigenvalue weighted by Crippen LogP contribution is -2.30. The molecule has 0 aromatic carbocycles. The SMILES string of the molecule is CC(C)OP(=O)(OC(C)C)C(F)(F)C1CCCC1. The summed E-state index contributed by atoms with van der Waals surface area (Å²) in [5.41, 5.74) is -3.39. The molecule has 0 heterocycles. The van der Waals surface area contributed by atoms with Gasteiger partial charge in [-0.2, -0.15) is 8.78 Å². The molecule has 0 unspecified atom stereocenters. The molecule has 0 aromatic heterocycles. The summed E-state index contributed by atoms with van der Waals surface area (Å²) in [5.74, 6) is -0.888. The van der Waals surface area contributed by atoms with E-state index in [1.54, 1.807) is 27.7 Å². The summed E-state index contributed by atoms with van der Waals surface area (Å²) in [6.45, 7) is 6.34. The molecule has 0 atom stereocenters. The lowest BCUT2D eigenvalue weighted by Gasteiger charge is -2.32. The van der Waals surface area contributed by atoms with Gasteiger partial charge in [0, 0.05) is 5.92 Å². The molecule has 0 radical (unpaired) electrons. The standard InChI is InChI=1S/C12H23F2O3P/c1-9(2)16-18(15,17-10(3)4)12(13,14)11-7-5-6-8-11/h9-11H,5-8H2,1-4H3. The van der Waals surface area contributed by atoms with Crippen LogP contribution in [0.3, 0.4) is 0 Å². The molecule has 108 valence electrons. The molecule has 1 saturated carbocycles. The van der Waals surface area contributed by atoms with Gasteiger partial charge in [-0.05, 0) is 40.5 Å². The zero-order valence-electron chi connectivity index (χ0n) is 11.5. The van der Waals surface area contributed by atoms with Crippen molar-refractivity contribution in [2.24, 2.45) is 5.92 Å². The topological polar surface area (TPSA) is 35.5 Å². The number of halogens is 2. The zero-order valence-corrected chi connectivity index (χ0v) is 12.4. The summed E-state index contributed by atoms with van der Waals surface area (Å²) >= 11 is 0. The number of hydrogen-bond donors (Lipinski definition) is 0. The third kappa shape index (κ3) is 3.52. The summed E-state index contributed by atoms with van der Waals surface area (Å²) in [4.78, 5) is 0. The molecule has 0 aromatic rings. The molecular weight excluding hydrogens is 261 g/mol. The second-order valence-electron chi connectivity index (χ2n) is 5.37. The Balaban J connectivity index is 2.96. The van der Waals surface area contributed by atoms with Crippen molar-refractivity contribution in [3.8, 4) is 0 Å². The summed E-state index contributed by atoms with van der Waals surface area (Å²) in [6, 6.07) is 0. The Bertz CT molecular complexity index is 298. The minimum Gasteiger partial charge on any atom is -0.302 e. The highest BCUT2D eigenvalue weighted by molar-refractivity contribution is 7.55. The van der Waals surface area contributed by atoms with Gasteiger partial charge in [0.2, 0.25) is 0 Å². The van der Waals surface area contributed by atoms with Gasteiger partial charge >= 0.3 is 13.3 Å². The predicted octanol–water partition coefficient (Wildman–Crippen LogP) is 4.81. The fourth-order valence-corrected chi connectivity index (χ4v) is 4.36. The van der Waals surface area contributed by atoms with Crippen molar-refractivity contribution in [3.63, 3.8) is 0 Å². The van der Waals surface area contributed by atoms with E-state index in [-0.39, 0.29) is 0 Å². The Kier molecular flexibility index (Phi) is 5.33. The molecule has 0 bridgehead atoms. The van der Waals surface area contributed by atoms with Crippen LogP contribution in [0.5, 0.6) is 0 Å². The van der Waals surface area contributed by atoms with E-state index in [0.29, 0.717) is 12.8 Å². The fourth-order valence-electron chi connectivity index (χ4n) is 2.22. The molecule has 0 N–H and O–H groups in total. The first-order chi connectivity index (χ1) is 8.19. The van der Waals surface area contributed by atoms with Crippen molar-refractivity contribution in [1.29, 1.82) is 0 Å². The minimum absolute atomic E-state index is 0.389. The second kappa shape index (κ2) is 5.98. The van der Waals surface area contributed by atoms with Crippen LogP contribution in [0.15, 0.2) is 0 Å². The zero-order chi connectivity index (χ0) is 14.0. The summed E-state index contributed by atoms with van der Waals surface area (Å²) < 4.78 is 51.2. The van der Waals surface area contributed by atoms with Crippen LogP contribution in [0.25, 0.3) is 0 Å². The van der Waals surface area contributed by atoms with E-state index in [4.69, 9.17) is 9.05 Å². The monoisotopic (exact) mass is 284 g/mol. The Morgan fingerprint density at radius 3 is 1.78 bits per heavy atom. The second-order valence-corrected chi connectivity index (χ2v) is 7.39. The predicted molar refractivity (Wildman–Crippen MR) is 67.0 cm³/mol. The molecule has 0 saturated heterocycles. The first-order valence-corrected chi connectivity index (χ1v) is 8.08. The molecule has 1 fully saturated rings. The van der Waals surface area contributed by atoms with Gasteiger partial charge in [-0.1, -0.05) is 12.8 Å². The van der Waals surface area contributed by atoms with Crippen LogP contribution in [0.4, 0.5) is 8.78 Å². The van der Waals surface area contributed by atoms with Crippen LogP contribution in [0.1, 0.15) is 53.4 Å². The third-order valence-corrected chi connectivity index (χ3v) is 5.40. The fraction of sp³-hybridized carbons (Fsp3) is 1.00. The van der Waals surface area contributed by atoms with E-state index >= 15 is 0 Å². The van der Waals surface area contributed by atoms with Crippen molar-refractivity contribution >= 4 is 7.60 Å². The molecular formula is C12H23F2O3P. The van der Waals surface area contributed by atoms with E-state index in [0.717, 1.165) is 12.8 Å². The van der Waals surface area contributed by atoms with Crippen LogP contribution in [-0.4, -0.2) is 17.9 Å². The normalized spacial score (nSPS) is 19.1. The van der Waals surface area contributed by atoms with Gasteiger partial charge in [0.15, 0.2) is 0 Å². The smallest absolute Gasteiger partial charge is 0.302 e. The van der Waals surface area contributed by atoms with Crippen molar-refractivity contribution in [3.05, 3.63) is 0 Å². The average Bonchev–Trinajstić information content (AvgIpc) is 2.66. The summed E-state index contributed by atoms with van der Waals surface area (Å²) in [5, 5.41) is 0. The van der Waals surface area contributed by atoms with Gasteiger partial charge in [-0.25, -0.2) is 0 Å². The first kappa shape index (κ1) is 16.1. The van der Waals surface area contributed by atoms with Crippen LogP contribution in [0, 0.1) is 5.92 Å². The van der Waals surface area contributed by atoms with Gasteiger partial charge < -0.3 is 9.05 Å². The molecule has 18 heavy (non-hydrogen) atoms. The van der Waals surface area contributed by atoms with Crippen molar-refractivity contribution in [1.82, 2.24) is 0 Å². The summed E-state index contributed by atoms with van der Waals surface area (Å²) in [6.07, 6.45) is 1.18. The Morgan fingerprint density at radius 2 is 1.44 bits per heavy atom. The molecule has 6 heteroatoms. The maximum Gasteiger partial charge on any atom is 0.400 e. The van der Waals surface area contributed by atoms with E-state index in [1.807, 2.05) is 0 Å². The van der Waals surface area contributed by atoms with Crippen molar-refractivity contribution in [2.45, 2.75) is 71.2 Å². The molecule has 0 amide bonds. The Labute approximate surface area is 108 Å². The average molecular weight is 284 g/mol. The number of rotatable bonds is 6. The largest absolute Gasteiger partial charge is 0.400 e. The van der Waals surface area contributed by atoms with Crippen LogP contribution in [-0.2, 0) is 13.6 Å². The van der Waals surface area contributed by atoms with Crippen molar-refractivity contribution in [2.75, 3.05) is 0 Å². The van der Waals surface area contributed by atoms with E-state index in [9.17, 15) is 13.3 Å².